The smallest absolute Gasteiger partial charge is 0.242 e. The van der Waals surface area contributed by atoms with Crippen LogP contribution in [0.5, 0.6) is 0 Å². The molecule has 2 N–H and O–H groups in total. The minimum Gasteiger partial charge on any atom is -0.330 e. The molecule has 0 bridgehead atoms. The lowest BCUT2D eigenvalue weighted by atomic mass is 10.1. The summed E-state index contributed by atoms with van der Waals surface area (Å²) in [5.74, 6) is 0.233. The summed E-state index contributed by atoms with van der Waals surface area (Å²) in [5, 5.41) is 2.97. The highest BCUT2D eigenvalue weighted by atomic mass is 32.2. The van der Waals surface area contributed by atoms with Gasteiger partial charge in [-0.3, -0.25) is 0 Å². The molecule has 2 aromatic rings. The Morgan fingerprint density at radius 3 is 2.43 bits per heavy atom. The molecule has 0 aliphatic rings. The normalized spacial score (nSPS) is 13.6. The minimum atomic E-state index is -3.39. The van der Waals surface area contributed by atoms with Crippen LogP contribution < -0.4 is 5.73 Å². The molecule has 0 saturated heterocycles. The van der Waals surface area contributed by atoms with Crippen LogP contribution in [0.25, 0.3) is 11.3 Å². The Balaban J connectivity index is 2.29. The molecule has 7 heteroatoms. The van der Waals surface area contributed by atoms with Crippen molar-refractivity contribution in [1.29, 1.82) is 0 Å². The van der Waals surface area contributed by atoms with Crippen molar-refractivity contribution < 1.29 is 8.42 Å². The van der Waals surface area contributed by atoms with E-state index < -0.39 is 10.0 Å². The van der Waals surface area contributed by atoms with Crippen LogP contribution >= 0.6 is 11.3 Å². The predicted molar refractivity (Wildman–Crippen MR) is 85.9 cm³/mol. The fraction of sp³-hybridized carbons (Fsp3) is 0.357. The minimum absolute atomic E-state index is 0.233. The van der Waals surface area contributed by atoms with Crippen molar-refractivity contribution in [1.82, 2.24) is 9.29 Å². The molecule has 1 heterocycles. The first kappa shape index (κ1) is 16.1. The van der Waals surface area contributed by atoms with E-state index in [1.165, 1.54) is 18.4 Å². The van der Waals surface area contributed by atoms with Crippen LogP contribution in [0.4, 0.5) is 0 Å². The average molecular weight is 325 g/mol. The second-order valence-corrected chi connectivity index (χ2v) is 8.06. The molecule has 1 atom stereocenters. The largest absolute Gasteiger partial charge is 0.330 e. The molecule has 114 valence electrons. The molecule has 0 aliphatic heterocycles. The summed E-state index contributed by atoms with van der Waals surface area (Å²) in [6, 6.07) is 6.77. The third-order valence-corrected chi connectivity index (χ3v) is 6.13. The van der Waals surface area contributed by atoms with Crippen molar-refractivity contribution in [3.8, 4) is 11.3 Å². The highest BCUT2D eigenvalue weighted by Gasteiger charge is 2.17. The van der Waals surface area contributed by atoms with Crippen molar-refractivity contribution in [3.05, 3.63) is 34.7 Å². The van der Waals surface area contributed by atoms with E-state index in [2.05, 4.69) is 4.98 Å². The average Bonchev–Trinajstić information content (AvgIpc) is 2.96. The standard InChI is InChI=1S/C14H19N3O2S2/c1-10(8-15)14-16-13(9-20-14)11-4-6-12(7-5-11)21(18,19)17(2)3/h4-7,9-10H,8,15H2,1-3H3. The molecule has 1 aromatic heterocycles. The lowest BCUT2D eigenvalue weighted by Crippen LogP contribution is -2.22. The number of hydrogen-bond acceptors (Lipinski definition) is 5. The van der Waals surface area contributed by atoms with Gasteiger partial charge in [0.2, 0.25) is 10.0 Å². The van der Waals surface area contributed by atoms with Crippen molar-refractivity contribution in [2.45, 2.75) is 17.7 Å². The third kappa shape index (κ3) is 3.32. The summed E-state index contributed by atoms with van der Waals surface area (Å²) in [6.07, 6.45) is 0. The number of hydrogen-bond donors (Lipinski definition) is 1. The van der Waals surface area contributed by atoms with Gasteiger partial charge in [-0.1, -0.05) is 19.1 Å². The molecule has 1 aromatic carbocycles. The van der Waals surface area contributed by atoms with Gasteiger partial charge < -0.3 is 5.73 Å². The number of benzene rings is 1. The second-order valence-electron chi connectivity index (χ2n) is 5.02. The monoisotopic (exact) mass is 325 g/mol. The quantitative estimate of drug-likeness (QED) is 0.913. The van der Waals surface area contributed by atoms with Crippen LogP contribution in [0.2, 0.25) is 0 Å². The van der Waals surface area contributed by atoms with Gasteiger partial charge in [-0.15, -0.1) is 11.3 Å². The maximum Gasteiger partial charge on any atom is 0.242 e. The fourth-order valence-electron chi connectivity index (χ4n) is 1.76. The predicted octanol–water partition coefficient (Wildman–Crippen LogP) is 2.12. The highest BCUT2D eigenvalue weighted by Crippen LogP contribution is 2.27. The molecular weight excluding hydrogens is 306 g/mol. The number of nitrogens with two attached hydrogens (primary N) is 1. The molecule has 5 nitrogen and oxygen atoms in total. The van der Waals surface area contributed by atoms with Gasteiger partial charge in [-0.05, 0) is 12.1 Å². The van der Waals surface area contributed by atoms with E-state index in [-0.39, 0.29) is 10.8 Å². The van der Waals surface area contributed by atoms with Crippen molar-refractivity contribution >= 4 is 21.4 Å². The number of sulfonamides is 1. The van der Waals surface area contributed by atoms with Crippen LogP contribution in [0.3, 0.4) is 0 Å². The van der Waals surface area contributed by atoms with Gasteiger partial charge in [-0.2, -0.15) is 0 Å². The highest BCUT2D eigenvalue weighted by molar-refractivity contribution is 7.89. The topological polar surface area (TPSA) is 76.3 Å². The first-order chi connectivity index (χ1) is 9.86. The zero-order chi connectivity index (χ0) is 15.6. The Hall–Kier alpha value is -1.28. The molecule has 0 radical (unpaired) electrons. The molecule has 2 rings (SSSR count). The third-order valence-electron chi connectivity index (χ3n) is 3.23. The van der Waals surface area contributed by atoms with Crippen LogP contribution in [0, 0.1) is 0 Å². The Bertz CT molecular complexity index is 706. The Morgan fingerprint density at radius 2 is 1.90 bits per heavy atom. The van der Waals surface area contributed by atoms with Gasteiger partial charge in [-0.25, -0.2) is 17.7 Å². The number of aromatic nitrogens is 1. The van der Waals surface area contributed by atoms with Gasteiger partial charge in [0, 0.05) is 37.5 Å². The van der Waals surface area contributed by atoms with Crippen molar-refractivity contribution in [3.63, 3.8) is 0 Å². The van der Waals surface area contributed by atoms with E-state index >= 15 is 0 Å². The van der Waals surface area contributed by atoms with E-state index in [0.29, 0.717) is 6.54 Å². The van der Waals surface area contributed by atoms with Crippen molar-refractivity contribution in [2.24, 2.45) is 5.73 Å². The van der Waals surface area contributed by atoms with Crippen molar-refractivity contribution in [2.75, 3.05) is 20.6 Å². The van der Waals surface area contributed by atoms with Gasteiger partial charge in [0.15, 0.2) is 0 Å². The summed E-state index contributed by atoms with van der Waals surface area (Å²) in [4.78, 5) is 4.84. The van der Waals surface area contributed by atoms with Crippen LogP contribution in [0.1, 0.15) is 17.8 Å². The van der Waals surface area contributed by atoms with E-state index in [1.807, 2.05) is 12.3 Å². The zero-order valence-corrected chi connectivity index (χ0v) is 13.9. The summed E-state index contributed by atoms with van der Waals surface area (Å²) >= 11 is 1.57. The van der Waals surface area contributed by atoms with E-state index in [4.69, 9.17) is 5.73 Å². The molecule has 0 aliphatic carbocycles. The van der Waals surface area contributed by atoms with Crippen LogP contribution in [0.15, 0.2) is 34.5 Å². The van der Waals surface area contributed by atoms with Gasteiger partial charge in [0.25, 0.3) is 0 Å². The van der Waals surface area contributed by atoms with E-state index in [1.54, 1.807) is 35.6 Å². The molecule has 0 fully saturated rings. The first-order valence-electron chi connectivity index (χ1n) is 6.54. The summed E-state index contributed by atoms with van der Waals surface area (Å²) in [5.41, 5.74) is 7.40. The van der Waals surface area contributed by atoms with Crippen LogP contribution in [-0.2, 0) is 10.0 Å². The molecule has 0 spiro atoms. The SMILES string of the molecule is CC(CN)c1nc(-c2ccc(S(=O)(=O)N(C)C)cc2)cs1. The van der Waals surface area contributed by atoms with Gasteiger partial charge >= 0.3 is 0 Å². The molecule has 21 heavy (non-hydrogen) atoms. The van der Waals surface area contributed by atoms with Crippen LogP contribution in [-0.4, -0.2) is 38.3 Å². The Labute approximate surface area is 129 Å². The van der Waals surface area contributed by atoms with Gasteiger partial charge in [0.05, 0.1) is 15.6 Å². The molecular formula is C14H19N3O2S2. The van der Waals surface area contributed by atoms with Gasteiger partial charge in [0.1, 0.15) is 0 Å². The second kappa shape index (κ2) is 6.23. The Morgan fingerprint density at radius 1 is 1.29 bits per heavy atom. The number of thiazole rings is 1. The fourth-order valence-corrected chi connectivity index (χ4v) is 3.56. The zero-order valence-electron chi connectivity index (χ0n) is 12.3. The lowest BCUT2D eigenvalue weighted by molar-refractivity contribution is 0.521. The summed E-state index contributed by atoms with van der Waals surface area (Å²) in [6.45, 7) is 2.60. The maximum atomic E-state index is 12.0. The number of rotatable bonds is 5. The molecule has 0 amide bonds. The first-order valence-corrected chi connectivity index (χ1v) is 8.86. The maximum absolute atomic E-state index is 12.0. The number of nitrogens with zero attached hydrogens (tertiary/aromatic N) is 2. The van der Waals surface area contributed by atoms with E-state index in [9.17, 15) is 8.42 Å². The van der Waals surface area contributed by atoms with E-state index in [0.717, 1.165) is 16.3 Å². The molecule has 1 unspecified atom stereocenters. The Kier molecular flexibility index (Phi) is 4.77. The lowest BCUT2D eigenvalue weighted by Gasteiger charge is -2.11. The summed E-state index contributed by atoms with van der Waals surface area (Å²) < 4.78 is 25.2. The summed E-state index contributed by atoms with van der Waals surface area (Å²) in [7, 11) is -0.353. The molecule has 0 saturated carbocycles.